The Labute approximate surface area is 253 Å². The van der Waals surface area contributed by atoms with Crippen molar-refractivity contribution in [2.75, 3.05) is 23.8 Å². The smallest absolute Gasteiger partial charge is 0.251 e. The molecule has 0 aliphatic carbocycles. The zero-order chi connectivity index (χ0) is 28.8. The lowest BCUT2D eigenvalue weighted by Crippen LogP contribution is -2.30. The monoisotopic (exact) mass is 609 g/mol. The Hall–Kier alpha value is -3.53. The van der Waals surface area contributed by atoms with Crippen molar-refractivity contribution >= 4 is 52.5 Å². The van der Waals surface area contributed by atoms with Crippen LogP contribution in [-0.2, 0) is 17.8 Å². The largest absolute Gasteiger partial charge is 0.494 e. The number of hydrogen-bond donors (Lipinski definition) is 1. The van der Waals surface area contributed by atoms with Crippen LogP contribution >= 0.6 is 35.0 Å². The maximum atomic E-state index is 13.1. The number of carbonyl (C=O) groups is 2. The Morgan fingerprint density at radius 2 is 1.83 bits per heavy atom. The third kappa shape index (κ3) is 6.86. The van der Waals surface area contributed by atoms with Gasteiger partial charge in [0, 0.05) is 17.8 Å². The highest BCUT2D eigenvalue weighted by atomic mass is 35.5. The van der Waals surface area contributed by atoms with Gasteiger partial charge in [-0.05, 0) is 66.9 Å². The Morgan fingerprint density at radius 1 is 1.02 bits per heavy atom. The number of amides is 2. The van der Waals surface area contributed by atoms with E-state index in [-0.39, 0.29) is 24.1 Å². The van der Waals surface area contributed by atoms with Gasteiger partial charge in [-0.3, -0.25) is 14.2 Å². The van der Waals surface area contributed by atoms with E-state index in [0.29, 0.717) is 45.4 Å². The molecule has 0 fully saturated rings. The Bertz CT molecular complexity index is 1540. The molecule has 5 rings (SSSR count). The molecule has 0 saturated heterocycles. The molecule has 2 heterocycles. The van der Waals surface area contributed by atoms with Gasteiger partial charge in [0.15, 0.2) is 11.0 Å². The van der Waals surface area contributed by atoms with Gasteiger partial charge in [0.1, 0.15) is 5.75 Å². The summed E-state index contributed by atoms with van der Waals surface area (Å²) in [4.78, 5) is 27.9. The van der Waals surface area contributed by atoms with Gasteiger partial charge >= 0.3 is 0 Å². The number of hydrogen-bond acceptors (Lipinski definition) is 6. The van der Waals surface area contributed by atoms with E-state index < -0.39 is 0 Å². The fraction of sp³-hybridized carbons (Fsp3) is 0.267. The Morgan fingerprint density at radius 3 is 2.61 bits per heavy atom. The van der Waals surface area contributed by atoms with Gasteiger partial charge in [-0.25, -0.2) is 0 Å². The second-order valence-electron chi connectivity index (χ2n) is 9.45. The normalized spacial score (nSPS) is 12.3. The summed E-state index contributed by atoms with van der Waals surface area (Å²) in [6, 6.07) is 20.2. The van der Waals surface area contributed by atoms with Crippen LogP contribution in [0.15, 0.2) is 71.9 Å². The van der Waals surface area contributed by atoms with Crippen molar-refractivity contribution in [3.05, 3.63) is 93.7 Å². The van der Waals surface area contributed by atoms with Crippen LogP contribution in [0.3, 0.4) is 0 Å². The van der Waals surface area contributed by atoms with Crippen molar-refractivity contribution in [3.63, 3.8) is 0 Å². The lowest BCUT2D eigenvalue weighted by molar-refractivity contribution is -0.116. The topological polar surface area (TPSA) is 89.3 Å². The third-order valence-electron chi connectivity index (χ3n) is 6.66. The van der Waals surface area contributed by atoms with Gasteiger partial charge in [0.25, 0.3) is 5.91 Å². The van der Waals surface area contributed by atoms with Crippen LogP contribution < -0.4 is 15.0 Å². The number of para-hydroxylation sites is 1. The quantitative estimate of drug-likeness (QED) is 0.157. The summed E-state index contributed by atoms with van der Waals surface area (Å²) < 4.78 is 7.46. The molecule has 1 aromatic heterocycles. The average molecular weight is 611 g/mol. The molecule has 3 aromatic carbocycles. The number of nitrogens with zero attached hydrogens (tertiary/aromatic N) is 4. The summed E-state index contributed by atoms with van der Waals surface area (Å²) in [5.74, 6) is 1.11. The van der Waals surface area contributed by atoms with E-state index in [2.05, 4.69) is 22.4 Å². The summed E-state index contributed by atoms with van der Waals surface area (Å²) in [7, 11) is 0. The molecule has 0 saturated carbocycles. The van der Waals surface area contributed by atoms with Crippen LogP contribution in [0.2, 0.25) is 10.0 Å². The fourth-order valence-corrected chi connectivity index (χ4v) is 5.63. The Balaban J connectivity index is 1.30. The zero-order valence-electron chi connectivity index (χ0n) is 22.5. The average Bonchev–Trinajstić information content (AvgIpc) is 3.61. The number of carbonyl (C=O) groups excluding carboxylic acids is 2. The maximum Gasteiger partial charge on any atom is 0.251 e. The molecule has 8 nitrogen and oxygen atoms in total. The molecule has 0 unspecified atom stereocenters. The van der Waals surface area contributed by atoms with Gasteiger partial charge in [0.2, 0.25) is 5.91 Å². The highest BCUT2D eigenvalue weighted by molar-refractivity contribution is 7.99. The molecule has 0 spiro atoms. The van der Waals surface area contributed by atoms with E-state index in [1.165, 1.54) is 17.3 Å². The molecule has 1 aliphatic rings. The van der Waals surface area contributed by atoms with Crippen molar-refractivity contribution < 1.29 is 14.3 Å². The summed E-state index contributed by atoms with van der Waals surface area (Å²) in [6.07, 6.45) is 2.86. The van der Waals surface area contributed by atoms with Crippen LogP contribution in [0.4, 0.5) is 5.69 Å². The molecule has 0 radical (unpaired) electrons. The van der Waals surface area contributed by atoms with Crippen molar-refractivity contribution in [1.29, 1.82) is 0 Å². The van der Waals surface area contributed by atoms with E-state index in [4.69, 9.17) is 27.9 Å². The van der Waals surface area contributed by atoms with Crippen LogP contribution in [0.1, 0.15) is 41.5 Å². The maximum absolute atomic E-state index is 13.1. The molecule has 1 N–H and O–H groups in total. The van der Waals surface area contributed by atoms with Crippen LogP contribution in [-0.4, -0.2) is 45.5 Å². The van der Waals surface area contributed by atoms with Gasteiger partial charge in [-0.2, -0.15) is 0 Å². The Kier molecular flexibility index (Phi) is 9.49. The van der Waals surface area contributed by atoms with Gasteiger partial charge in [0.05, 0.1) is 34.6 Å². The second-order valence-corrected chi connectivity index (χ2v) is 11.2. The lowest BCUT2D eigenvalue weighted by atomic mass is 10.2. The number of ether oxygens (including phenoxy) is 1. The first kappa shape index (κ1) is 29.0. The number of anilines is 1. The standard InChI is InChI=1S/C30H29Cl2N5O3S/c1-2-3-16-40-23-11-8-21(9-12-23)29(39)33-18-27-34-35-30(37(27)22-10-13-24(31)25(32)17-22)41-19-28(38)36-15-14-20-6-4-5-7-26(20)36/h4-13,17H,2-3,14-16,18-19H2,1H3,(H,33,39). The first-order valence-electron chi connectivity index (χ1n) is 13.4. The summed E-state index contributed by atoms with van der Waals surface area (Å²) in [5, 5.41) is 12.9. The number of nitrogens with one attached hydrogen (secondary N) is 1. The van der Waals surface area contributed by atoms with Gasteiger partial charge in [-0.1, -0.05) is 66.5 Å². The molecule has 41 heavy (non-hydrogen) atoms. The predicted molar refractivity (Wildman–Crippen MR) is 163 cm³/mol. The molecule has 0 atom stereocenters. The van der Waals surface area contributed by atoms with E-state index in [1.807, 2.05) is 29.2 Å². The van der Waals surface area contributed by atoms with E-state index in [1.54, 1.807) is 47.0 Å². The van der Waals surface area contributed by atoms with E-state index in [9.17, 15) is 9.59 Å². The fourth-order valence-electron chi connectivity index (χ4n) is 4.49. The number of rotatable bonds is 11. The number of thioether (sulfide) groups is 1. The van der Waals surface area contributed by atoms with E-state index in [0.717, 1.165) is 30.7 Å². The van der Waals surface area contributed by atoms with Gasteiger partial charge in [-0.15, -0.1) is 10.2 Å². The summed E-state index contributed by atoms with van der Waals surface area (Å²) in [5.41, 5.74) is 3.29. The highest BCUT2D eigenvalue weighted by Gasteiger charge is 2.25. The lowest BCUT2D eigenvalue weighted by Gasteiger charge is -2.17. The minimum absolute atomic E-state index is 0.0133. The molecular formula is C30H29Cl2N5O3S. The minimum Gasteiger partial charge on any atom is -0.494 e. The first-order valence-corrected chi connectivity index (χ1v) is 15.1. The van der Waals surface area contributed by atoms with Crippen molar-refractivity contribution in [2.24, 2.45) is 0 Å². The summed E-state index contributed by atoms with van der Waals surface area (Å²) in [6.45, 7) is 3.51. The number of fused-ring (bicyclic) bond motifs is 1. The third-order valence-corrected chi connectivity index (χ3v) is 8.32. The second kappa shape index (κ2) is 13.4. The van der Waals surface area contributed by atoms with Crippen molar-refractivity contribution in [2.45, 2.75) is 37.9 Å². The zero-order valence-corrected chi connectivity index (χ0v) is 24.8. The molecular weight excluding hydrogens is 581 g/mol. The molecule has 11 heteroatoms. The van der Waals surface area contributed by atoms with Crippen molar-refractivity contribution in [3.8, 4) is 11.4 Å². The molecule has 212 valence electrons. The first-order chi connectivity index (χ1) is 19.9. The minimum atomic E-state index is -0.258. The number of aromatic nitrogens is 3. The van der Waals surface area contributed by atoms with Crippen LogP contribution in [0, 0.1) is 0 Å². The molecule has 1 aliphatic heterocycles. The SMILES string of the molecule is CCCCOc1ccc(C(=O)NCc2nnc(SCC(=O)N3CCc4ccccc43)n2-c2ccc(Cl)c(Cl)c2)cc1. The van der Waals surface area contributed by atoms with Crippen LogP contribution in [0.5, 0.6) is 5.75 Å². The number of unbranched alkanes of at least 4 members (excludes halogenated alkanes) is 1. The molecule has 0 bridgehead atoms. The van der Waals surface area contributed by atoms with Crippen molar-refractivity contribution in [1.82, 2.24) is 20.1 Å². The van der Waals surface area contributed by atoms with Gasteiger partial charge < -0.3 is 15.0 Å². The molecule has 2 amide bonds. The highest BCUT2D eigenvalue weighted by Crippen LogP contribution is 2.31. The summed E-state index contributed by atoms with van der Waals surface area (Å²) >= 11 is 13.8. The predicted octanol–water partition coefficient (Wildman–Crippen LogP) is 6.36. The molecule has 4 aromatic rings. The number of benzene rings is 3. The van der Waals surface area contributed by atoms with Crippen LogP contribution in [0.25, 0.3) is 5.69 Å². The number of halogens is 2. The van der Waals surface area contributed by atoms with E-state index >= 15 is 0 Å².